The zero-order valence-corrected chi connectivity index (χ0v) is 14.1. The van der Waals surface area contributed by atoms with Crippen LogP contribution in [0.15, 0.2) is 24.4 Å². The first-order valence-electron chi connectivity index (χ1n) is 8.75. The van der Waals surface area contributed by atoms with Crippen molar-refractivity contribution in [3.05, 3.63) is 30.1 Å². The van der Waals surface area contributed by atoms with Crippen molar-refractivity contribution < 1.29 is 9.84 Å². The number of piperidine rings is 1. The van der Waals surface area contributed by atoms with Crippen molar-refractivity contribution in [1.29, 1.82) is 5.26 Å². The van der Waals surface area contributed by atoms with Gasteiger partial charge in [-0.15, -0.1) is 0 Å². The molecular weight excluding hydrogens is 304 g/mol. The van der Waals surface area contributed by atoms with Crippen molar-refractivity contribution in [3.8, 4) is 6.07 Å². The molecule has 0 saturated carbocycles. The second kappa shape index (κ2) is 8.04. The summed E-state index contributed by atoms with van der Waals surface area (Å²) in [5.74, 6) is 0. The van der Waals surface area contributed by atoms with Crippen molar-refractivity contribution in [3.63, 3.8) is 0 Å². The fourth-order valence-corrected chi connectivity index (χ4v) is 3.63. The molecule has 0 aliphatic carbocycles. The number of β-amino-alcohol motifs (C(OH)–C–C–N with tert-alkyl or cyclic N) is 1. The van der Waals surface area contributed by atoms with Crippen LogP contribution in [0, 0.1) is 11.3 Å². The summed E-state index contributed by atoms with van der Waals surface area (Å²) in [5.41, 5.74) is 0.397. The van der Waals surface area contributed by atoms with Gasteiger partial charge in [-0.1, -0.05) is 6.07 Å². The molecule has 2 aliphatic rings. The van der Waals surface area contributed by atoms with Gasteiger partial charge in [-0.2, -0.15) is 5.26 Å². The molecule has 6 nitrogen and oxygen atoms in total. The Morgan fingerprint density at radius 2 is 1.83 bits per heavy atom. The summed E-state index contributed by atoms with van der Waals surface area (Å²) in [4.78, 5) is 8.92. The van der Waals surface area contributed by atoms with E-state index in [0.29, 0.717) is 13.1 Å². The molecule has 24 heavy (non-hydrogen) atoms. The van der Waals surface area contributed by atoms with E-state index in [-0.39, 0.29) is 6.10 Å². The van der Waals surface area contributed by atoms with Crippen LogP contribution in [-0.4, -0.2) is 78.5 Å². The number of aliphatic hydroxyl groups is 1. The van der Waals surface area contributed by atoms with Gasteiger partial charge < -0.3 is 14.7 Å². The highest BCUT2D eigenvalue weighted by atomic mass is 16.5. The van der Waals surface area contributed by atoms with Crippen LogP contribution in [0.25, 0.3) is 0 Å². The third kappa shape index (κ3) is 4.11. The van der Waals surface area contributed by atoms with E-state index in [4.69, 9.17) is 4.74 Å². The van der Waals surface area contributed by atoms with E-state index in [1.54, 1.807) is 6.20 Å². The average Bonchev–Trinajstić information content (AvgIpc) is 2.64. The summed E-state index contributed by atoms with van der Waals surface area (Å²) in [6.45, 7) is 6.32. The van der Waals surface area contributed by atoms with Crippen LogP contribution in [0.3, 0.4) is 0 Å². The van der Waals surface area contributed by atoms with Crippen molar-refractivity contribution in [1.82, 2.24) is 14.8 Å². The molecule has 2 fully saturated rings. The average molecular weight is 330 g/mol. The van der Waals surface area contributed by atoms with Crippen molar-refractivity contribution >= 4 is 0 Å². The number of hydrogen-bond acceptors (Lipinski definition) is 6. The Labute approximate surface area is 143 Å². The van der Waals surface area contributed by atoms with E-state index < -0.39 is 5.41 Å². The Morgan fingerprint density at radius 3 is 2.42 bits per heavy atom. The van der Waals surface area contributed by atoms with Gasteiger partial charge in [-0.25, -0.2) is 0 Å². The first-order chi connectivity index (χ1) is 11.7. The third-order valence-corrected chi connectivity index (χ3v) is 5.12. The highest BCUT2D eigenvalue weighted by molar-refractivity contribution is 5.27. The number of nitrogens with zero attached hydrogens (tertiary/aromatic N) is 4. The Balaban J connectivity index is 1.50. The van der Waals surface area contributed by atoms with E-state index in [0.717, 1.165) is 57.9 Å². The minimum absolute atomic E-state index is 0.354. The molecule has 1 atom stereocenters. The van der Waals surface area contributed by atoms with Crippen LogP contribution in [0.4, 0.5) is 0 Å². The summed E-state index contributed by atoms with van der Waals surface area (Å²) in [7, 11) is 0. The van der Waals surface area contributed by atoms with E-state index in [1.807, 2.05) is 18.2 Å². The lowest BCUT2D eigenvalue weighted by Crippen LogP contribution is -2.48. The number of aliphatic hydroxyl groups excluding tert-OH is 1. The quantitative estimate of drug-likeness (QED) is 0.854. The SMILES string of the molecule is N#CC1(c2ccccn2)CCN(CC(O)CN2CCOCC2)CC1. The van der Waals surface area contributed by atoms with E-state index >= 15 is 0 Å². The smallest absolute Gasteiger partial charge is 0.102 e. The second-order valence-electron chi connectivity index (χ2n) is 6.78. The van der Waals surface area contributed by atoms with Crippen molar-refractivity contribution in [2.24, 2.45) is 0 Å². The van der Waals surface area contributed by atoms with Crippen LogP contribution in [0.1, 0.15) is 18.5 Å². The largest absolute Gasteiger partial charge is 0.390 e. The molecule has 6 heteroatoms. The van der Waals surface area contributed by atoms with Gasteiger partial charge in [-0.3, -0.25) is 9.88 Å². The van der Waals surface area contributed by atoms with Gasteiger partial charge in [0.1, 0.15) is 5.41 Å². The molecule has 1 aromatic heterocycles. The maximum Gasteiger partial charge on any atom is 0.102 e. The number of ether oxygens (including phenoxy) is 1. The Bertz CT molecular complexity index is 546. The molecule has 0 radical (unpaired) electrons. The molecular formula is C18H26N4O2. The number of nitriles is 1. The van der Waals surface area contributed by atoms with Gasteiger partial charge in [0.15, 0.2) is 0 Å². The lowest BCUT2D eigenvalue weighted by atomic mass is 9.76. The summed E-state index contributed by atoms with van der Waals surface area (Å²) >= 11 is 0. The first kappa shape index (κ1) is 17.3. The van der Waals surface area contributed by atoms with Gasteiger partial charge in [0.05, 0.1) is 31.1 Å². The lowest BCUT2D eigenvalue weighted by molar-refractivity contribution is 0.00418. The topological polar surface area (TPSA) is 72.6 Å². The van der Waals surface area contributed by atoms with Crippen LogP contribution < -0.4 is 0 Å². The normalized spacial score (nSPS) is 23.5. The number of rotatable bonds is 5. The van der Waals surface area contributed by atoms with Gasteiger partial charge in [0, 0.05) is 45.5 Å². The minimum atomic E-state index is -0.479. The number of morpholine rings is 1. The maximum atomic E-state index is 10.4. The van der Waals surface area contributed by atoms with Crippen molar-refractivity contribution in [2.45, 2.75) is 24.4 Å². The van der Waals surface area contributed by atoms with Gasteiger partial charge in [0.25, 0.3) is 0 Å². The standard InChI is InChI=1S/C18H26N4O2/c19-15-18(17-3-1-2-6-20-17)4-7-21(8-5-18)13-16(23)14-22-9-11-24-12-10-22/h1-3,6,16,23H,4-5,7-14H2. The van der Waals surface area contributed by atoms with E-state index in [1.165, 1.54) is 0 Å². The van der Waals surface area contributed by atoms with E-state index in [2.05, 4.69) is 20.9 Å². The lowest BCUT2D eigenvalue weighted by Gasteiger charge is -2.38. The molecule has 0 bridgehead atoms. The molecule has 1 unspecified atom stereocenters. The molecule has 3 heterocycles. The maximum absolute atomic E-state index is 10.4. The fourth-order valence-electron chi connectivity index (χ4n) is 3.63. The summed E-state index contributed by atoms with van der Waals surface area (Å²) in [6, 6.07) is 8.28. The van der Waals surface area contributed by atoms with Gasteiger partial charge in [0.2, 0.25) is 0 Å². The van der Waals surface area contributed by atoms with Gasteiger partial charge >= 0.3 is 0 Å². The second-order valence-corrected chi connectivity index (χ2v) is 6.78. The summed E-state index contributed by atoms with van der Waals surface area (Å²) in [5, 5.41) is 20.1. The number of pyridine rings is 1. The zero-order valence-electron chi connectivity index (χ0n) is 14.1. The Hall–Kier alpha value is -1.52. The van der Waals surface area contributed by atoms with E-state index in [9.17, 15) is 10.4 Å². The van der Waals surface area contributed by atoms with Crippen LogP contribution in [0.5, 0.6) is 0 Å². The number of likely N-dealkylation sites (tertiary alicyclic amines) is 1. The Morgan fingerprint density at radius 1 is 1.17 bits per heavy atom. The fraction of sp³-hybridized carbons (Fsp3) is 0.667. The molecule has 2 aliphatic heterocycles. The Kier molecular flexibility index (Phi) is 5.80. The van der Waals surface area contributed by atoms with Crippen LogP contribution >= 0.6 is 0 Å². The minimum Gasteiger partial charge on any atom is -0.390 e. The molecule has 1 aromatic rings. The molecule has 0 aromatic carbocycles. The molecule has 130 valence electrons. The molecule has 0 spiro atoms. The predicted octanol–water partition coefficient (Wildman–Crippen LogP) is 0.632. The van der Waals surface area contributed by atoms with Crippen LogP contribution in [-0.2, 0) is 10.2 Å². The monoisotopic (exact) mass is 330 g/mol. The summed E-state index contributed by atoms with van der Waals surface area (Å²) in [6.07, 6.45) is 2.94. The highest BCUT2D eigenvalue weighted by Crippen LogP contribution is 2.33. The highest BCUT2D eigenvalue weighted by Gasteiger charge is 2.38. The summed E-state index contributed by atoms with van der Waals surface area (Å²) < 4.78 is 5.34. The predicted molar refractivity (Wildman–Crippen MR) is 90.5 cm³/mol. The molecule has 0 amide bonds. The molecule has 1 N–H and O–H groups in total. The number of hydrogen-bond donors (Lipinski definition) is 1. The molecule has 3 rings (SSSR count). The van der Waals surface area contributed by atoms with Crippen LogP contribution in [0.2, 0.25) is 0 Å². The zero-order chi connectivity index (χ0) is 16.8. The number of aromatic nitrogens is 1. The molecule has 2 saturated heterocycles. The first-order valence-corrected chi connectivity index (χ1v) is 8.75. The van der Waals surface area contributed by atoms with Gasteiger partial charge in [-0.05, 0) is 25.0 Å². The van der Waals surface area contributed by atoms with Crippen molar-refractivity contribution in [2.75, 3.05) is 52.5 Å². The third-order valence-electron chi connectivity index (χ3n) is 5.12.